The van der Waals surface area contributed by atoms with Gasteiger partial charge in [0.25, 0.3) is 0 Å². The van der Waals surface area contributed by atoms with Crippen molar-refractivity contribution in [2.75, 3.05) is 26.0 Å². The molecule has 2 heterocycles. The highest BCUT2D eigenvalue weighted by Gasteiger charge is 2.14. The molecule has 8 heteroatoms. The molecule has 0 atom stereocenters. The minimum absolute atomic E-state index is 0.0642. The highest BCUT2D eigenvalue weighted by molar-refractivity contribution is 7.99. The Hall–Kier alpha value is -2.19. The van der Waals surface area contributed by atoms with Crippen LogP contribution in [0.1, 0.15) is 0 Å². The predicted molar refractivity (Wildman–Crippen MR) is 89.1 cm³/mol. The summed E-state index contributed by atoms with van der Waals surface area (Å²) in [6.45, 7) is 5.33. The number of amides is 1. The Morgan fingerprint density at radius 2 is 2.22 bits per heavy atom. The minimum atomic E-state index is -0.0642. The molecule has 0 aliphatic heterocycles. The zero-order valence-electron chi connectivity index (χ0n) is 12.9. The summed E-state index contributed by atoms with van der Waals surface area (Å²) < 4.78 is 6.82. The molecule has 0 aromatic carbocycles. The second kappa shape index (κ2) is 9.06. The molecule has 0 fully saturated rings. The predicted octanol–water partition coefficient (Wildman–Crippen LogP) is 1.38. The molecule has 2 aromatic rings. The van der Waals surface area contributed by atoms with Crippen LogP contribution < -0.4 is 5.32 Å². The van der Waals surface area contributed by atoms with Crippen LogP contribution in [0.2, 0.25) is 0 Å². The van der Waals surface area contributed by atoms with E-state index in [0.717, 1.165) is 11.4 Å². The number of hydrogen-bond acceptors (Lipinski definition) is 6. The smallest absolute Gasteiger partial charge is 0.230 e. The number of carbonyl (C=O) groups excluding carboxylic acids is 1. The maximum absolute atomic E-state index is 11.8. The molecule has 122 valence electrons. The van der Waals surface area contributed by atoms with Crippen molar-refractivity contribution in [3.05, 3.63) is 37.2 Å². The van der Waals surface area contributed by atoms with E-state index < -0.39 is 0 Å². The number of carbonyl (C=O) groups is 1. The van der Waals surface area contributed by atoms with Gasteiger partial charge in [-0.1, -0.05) is 17.8 Å². The van der Waals surface area contributed by atoms with Gasteiger partial charge in [0.15, 0.2) is 11.0 Å². The number of methoxy groups -OCH3 is 1. The molecule has 0 aliphatic rings. The van der Waals surface area contributed by atoms with Crippen molar-refractivity contribution in [3.63, 3.8) is 0 Å². The van der Waals surface area contributed by atoms with Crippen LogP contribution in [-0.4, -0.2) is 51.7 Å². The van der Waals surface area contributed by atoms with Gasteiger partial charge in [-0.05, 0) is 12.1 Å². The molecule has 0 saturated heterocycles. The van der Waals surface area contributed by atoms with Crippen molar-refractivity contribution in [2.45, 2.75) is 11.7 Å². The van der Waals surface area contributed by atoms with Gasteiger partial charge in [0.2, 0.25) is 5.91 Å². The average Bonchev–Trinajstić information content (AvgIpc) is 2.97. The lowest BCUT2D eigenvalue weighted by Crippen LogP contribution is -2.28. The molecule has 23 heavy (non-hydrogen) atoms. The van der Waals surface area contributed by atoms with E-state index in [1.165, 1.54) is 11.8 Å². The van der Waals surface area contributed by atoms with Crippen molar-refractivity contribution in [1.82, 2.24) is 25.1 Å². The first kappa shape index (κ1) is 17.2. The zero-order valence-corrected chi connectivity index (χ0v) is 13.8. The summed E-state index contributed by atoms with van der Waals surface area (Å²) in [6, 6.07) is 3.74. The number of aromatic nitrogens is 4. The molecule has 1 N–H and O–H groups in total. The molecule has 1 amide bonds. The number of ether oxygens (including phenoxy) is 1. The van der Waals surface area contributed by atoms with E-state index in [-0.39, 0.29) is 11.7 Å². The van der Waals surface area contributed by atoms with Crippen LogP contribution >= 0.6 is 11.8 Å². The van der Waals surface area contributed by atoms with Gasteiger partial charge < -0.3 is 10.1 Å². The van der Waals surface area contributed by atoms with E-state index in [9.17, 15) is 4.79 Å². The van der Waals surface area contributed by atoms with Crippen LogP contribution in [0.25, 0.3) is 11.4 Å². The summed E-state index contributed by atoms with van der Waals surface area (Å²) in [6.07, 6.45) is 5.19. The molecular weight excluding hydrogens is 314 g/mol. The highest BCUT2D eigenvalue weighted by Crippen LogP contribution is 2.23. The van der Waals surface area contributed by atoms with Gasteiger partial charge in [-0.3, -0.25) is 14.3 Å². The molecule has 0 bridgehead atoms. The van der Waals surface area contributed by atoms with Crippen molar-refractivity contribution >= 4 is 17.7 Å². The van der Waals surface area contributed by atoms with Gasteiger partial charge in [0, 0.05) is 38.2 Å². The van der Waals surface area contributed by atoms with E-state index >= 15 is 0 Å². The molecule has 0 aliphatic carbocycles. The Labute approximate surface area is 139 Å². The fourth-order valence-electron chi connectivity index (χ4n) is 1.88. The molecule has 0 spiro atoms. The Morgan fingerprint density at radius 3 is 2.91 bits per heavy atom. The number of hydrogen-bond donors (Lipinski definition) is 1. The van der Waals surface area contributed by atoms with Gasteiger partial charge in [0.05, 0.1) is 12.4 Å². The van der Waals surface area contributed by atoms with Crippen LogP contribution in [0.15, 0.2) is 42.3 Å². The molecule has 2 aromatic heterocycles. The normalized spacial score (nSPS) is 10.5. The lowest BCUT2D eigenvalue weighted by molar-refractivity contribution is -0.118. The first-order chi connectivity index (χ1) is 11.3. The third kappa shape index (κ3) is 4.90. The summed E-state index contributed by atoms with van der Waals surface area (Å²) >= 11 is 1.34. The maximum Gasteiger partial charge on any atom is 0.230 e. The number of nitrogens with zero attached hydrogens (tertiary/aromatic N) is 4. The maximum atomic E-state index is 11.8. The summed E-state index contributed by atoms with van der Waals surface area (Å²) in [5.74, 6) is 0.940. The van der Waals surface area contributed by atoms with Gasteiger partial charge >= 0.3 is 0 Å². The summed E-state index contributed by atoms with van der Waals surface area (Å²) in [7, 11) is 1.60. The van der Waals surface area contributed by atoms with Crippen LogP contribution in [0.5, 0.6) is 0 Å². The number of pyridine rings is 1. The minimum Gasteiger partial charge on any atom is -0.383 e. The second-order valence-electron chi connectivity index (χ2n) is 4.57. The second-order valence-corrected chi connectivity index (χ2v) is 5.52. The number of rotatable bonds is 9. The van der Waals surface area contributed by atoms with E-state index in [0.29, 0.717) is 24.9 Å². The van der Waals surface area contributed by atoms with Gasteiger partial charge in [-0.15, -0.1) is 16.8 Å². The van der Waals surface area contributed by atoms with Crippen molar-refractivity contribution in [2.24, 2.45) is 0 Å². The van der Waals surface area contributed by atoms with E-state index in [2.05, 4.69) is 27.1 Å². The van der Waals surface area contributed by atoms with Crippen molar-refractivity contribution < 1.29 is 9.53 Å². The number of nitrogens with one attached hydrogen (secondary N) is 1. The van der Waals surface area contributed by atoms with Crippen LogP contribution in [0.4, 0.5) is 0 Å². The summed E-state index contributed by atoms with van der Waals surface area (Å²) in [5.41, 5.74) is 0.922. The quantitative estimate of drug-likeness (QED) is 0.424. The largest absolute Gasteiger partial charge is 0.383 e. The monoisotopic (exact) mass is 333 g/mol. The SMILES string of the molecule is C=CCn1c(SCC(=O)NCCOC)nnc1-c1ccncc1. The molecule has 0 saturated carbocycles. The Bertz CT molecular complexity index is 645. The molecular formula is C15H19N5O2S. The average molecular weight is 333 g/mol. The van der Waals surface area contributed by atoms with E-state index in [4.69, 9.17) is 4.74 Å². The third-order valence-electron chi connectivity index (χ3n) is 2.93. The number of thioether (sulfide) groups is 1. The first-order valence-electron chi connectivity index (χ1n) is 7.09. The van der Waals surface area contributed by atoms with Crippen LogP contribution in [-0.2, 0) is 16.1 Å². The fraction of sp³-hybridized carbons (Fsp3) is 0.333. The Balaban J connectivity index is 2.06. The van der Waals surface area contributed by atoms with Crippen LogP contribution in [0.3, 0.4) is 0 Å². The highest BCUT2D eigenvalue weighted by atomic mass is 32.2. The first-order valence-corrected chi connectivity index (χ1v) is 8.07. The van der Waals surface area contributed by atoms with Gasteiger partial charge in [-0.2, -0.15) is 0 Å². The third-order valence-corrected chi connectivity index (χ3v) is 3.89. The van der Waals surface area contributed by atoms with E-state index in [1.807, 2.05) is 16.7 Å². The fourth-order valence-corrected chi connectivity index (χ4v) is 2.65. The molecule has 0 radical (unpaired) electrons. The summed E-state index contributed by atoms with van der Waals surface area (Å²) in [5, 5.41) is 11.9. The lowest BCUT2D eigenvalue weighted by atomic mass is 10.2. The molecule has 0 unspecified atom stereocenters. The zero-order chi connectivity index (χ0) is 16.5. The lowest BCUT2D eigenvalue weighted by Gasteiger charge is -2.08. The topological polar surface area (TPSA) is 81.9 Å². The summed E-state index contributed by atoms with van der Waals surface area (Å²) in [4.78, 5) is 15.8. The Kier molecular flexibility index (Phi) is 6.76. The molecule has 2 rings (SSSR count). The van der Waals surface area contributed by atoms with Crippen molar-refractivity contribution in [1.29, 1.82) is 0 Å². The number of allylic oxidation sites excluding steroid dienone is 1. The molecule has 7 nitrogen and oxygen atoms in total. The van der Waals surface area contributed by atoms with Crippen molar-refractivity contribution in [3.8, 4) is 11.4 Å². The van der Waals surface area contributed by atoms with E-state index in [1.54, 1.807) is 25.6 Å². The standard InChI is InChI=1S/C15H19N5O2S/c1-3-9-20-14(12-4-6-16-7-5-12)18-19-15(20)23-11-13(21)17-8-10-22-2/h3-7H,1,8-11H2,2H3,(H,17,21). The van der Waals surface area contributed by atoms with Gasteiger partial charge in [-0.25, -0.2) is 0 Å². The Morgan fingerprint density at radius 1 is 1.43 bits per heavy atom. The van der Waals surface area contributed by atoms with Crippen LogP contribution in [0, 0.1) is 0 Å². The van der Waals surface area contributed by atoms with Gasteiger partial charge in [0.1, 0.15) is 0 Å².